The smallest absolute Gasteiger partial charge is 0.122 e. The van der Waals surface area contributed by atoms with E-state index in [0.29, 0.717) is 10.9 Å². The van der Waals surface area contributed by atoms with Crippen molar-refractivity contribution in [3.63, 3.8) is 0 Å². The Labute approximate surface area is 112 Å². The van der Waals surface area contributed by atoms with Crippen LogP contribution in [-0.4, -0.2) is 19.0 Å². The predicted molar refractivity (Wildman–Crippen MR) is 72.8 cm³/mol. The Morgan fingerprint density at radius 1 is 1.47 bits per heavy atom. The van der Waals surface area contributed by atoms with Crippen LogP contribution < -0.4 is 16.0 Å². The topological polar surface area (TPSA) is 47.3 Å². The van der Waals surface area contributed by atoms with Gasteiger partial charge in [0, 0.05) is 16.9 Å². The number of methoxy groups -OCH3 is 1. The number of hydrogen-bond donors (Lipinski definition) is 2. The van der Waals surface area contributed by atoms with Crippen LogP contribution in [0.4, 0.5) is 0 Å². The molecule has 0 aliphatic carbocycles. The number of rotatable bonds is 7. The van der Waals surface area contributed by atoms with Crippen LogP contribution in [0, 0.1) is 0 Å². The third-order valence-electron chi connectivity index (χ3n) is 2.63. The van der Waals surface area contributed by atoms with E-state index in [1.54, 1.807) is 7.11 Å². The van der Waals surface area contributed by atoms with Gasteiger partial charge in [-0.1, -0.05) is 11.6 Å². The van der Waals surface area contributed by atoms with Crippen molar-refractivity contribution in [2.75, 3.05) is 13.0 Å². The van der Waals surface area contributed by atoms with Crippen LogP contribution in [0.25, 0.3) is 0 Å². The second kappa shape index (κ2) is 7.77. The minimum Gasteiger partial charge on any atom is -0.496 e. The van der Waals surface area contributed by atoms with Gasteiger partial charge in [-0.3, -0.25) is 11.3 Å². The molecule has 17 heavy (non-hydrogen) atoms. The first-order chi connectivity index (χ1) is 8.21. The molecule has 0 saturated heterocycles. The third-order valence-corrected chi connectivity index (χ3v) is 3.13. The molecular formula is C12H18Cl2N2O. The summed E-state index contributed by atoms with van der Waals surface area (Å²) in [7, 11) is 1.65. The SMILES string of the molecule is COc1ccc(Cl)cc1CC(CCCCl)NN. The highest BCUT2D eigenvalue weighted by Crippen LogP contribution is 2.24. The fourth-order valence-electron chi connectivity index (χ4n) is 1.74. The first-order valence-electron chi connectivity index (χ1n) is 5.55. The number of nitrogens with two attached hydrogens (primary N) is 1. The normalized spacial score (nSPS) is 12.5. The Bertz CT molecular complexity index is 347. The molecule has 1 aromatic carbocycles. The maximum atomic E-state index is 5.98. The molecule has 0 amide bonds. The summed E-state index contributed by atoms with van der Waals surface area (Å²) in [5.41, 5.74) is 3.85. The van der Waals surface area contributed by atoms with Gasteiger partial charge in [0.15, 0.2) is 0 Å². The molecule has 0 radical (unpaired) electrons. The minimum absolute atomic E-state index is 0.182. The fraction of sp³-hybridized carbons (Fsp3) is 0.500. The molecule has 1 unspecified atom stereocenters. The number of hydrazine groups is 1. The van der Waals surface area contributed by atoms with Crippen LogP contribution >= 0.6 is 23.2 Å². The first-order valence-corrected chi connectivity index (χ1v) is 6.47. The molecule has 96 valence electrons. The van der Waals surface area contributed by atoms with Crippen LogP contribution in [0.3, 0.4) is 0 Å². The highest BCUT2D eigenvalue weighted by atomic mass is 35.5. The van der Waals surface area contributed by atoms with E-state index in [2.05, 4.69) is 5.43 Å². The monoisotopic (exact) mass is 276 g/mol. The molecule has 0 saturated carbocycles. The summed E-state index contributed by atoms with van der Waals surface area (Å²) in [6, 6.07) is 5.77. The number of hydrogen-bond acceptors (Lipinski definition) is 3. The summed E-state index contributed by atoms with van der Waals surface area (Å²) in [6.07, 6.45) is 2.63. The number of benzene rings is 1. The molecule has 0 aliphatic heterocycles. The second-order valence-corrected chi connectivity index (χ2v) is 4.67. The van der Waals surface area contributed by atoms with Crippen molar-refractivity contribution < 1.29 is 4.74 Å². The predicted octanol–water partition coefficient (Wildman–Crippen LogP) is 2.74. The van der Waals surface area contributed by atoms with E-state index in [0.717, 1.165) is 30.6 Å². The average molecular weight is 277 g/mol. The Morgan fingerprint density at radius 3 is 2.82 bits per heavy atom. The number of alkyl halides is 1. The molecular weight excluding hydrogens is 259 g/mol. The van der Waals surface area contributed by atoms with Crippen molar-refractivity contribution in [2.45, 2.75) is 25.3 Å². The molecule has 3 nitrogen and oxygen atoms in total. The molecule has 0 aliphatic rings. The van der Waals surface area contributed by atoms with Crippen molar-refractivity contribution in [2.24, 2.45) is 5.84 Å². The van der Waals surface area contributed by atoms with Crippen molar-refractivity contribution in [1.82, 2.24) is 5.43 Å². The van der Waals surface area contributed by atoms with Gasteiger partial charge in [-0.05, 0) is 43.0 Å². The zero-order valence-corrected chi connectivity index (χ0v) is 11.4. The Hall–Kier alpha value is -0.480. The molecule has 1 aromatic rings. The van der Waals surface area contributed by atoms with Crippen molar-refractivity contribution in [3.8, 4) is 5.75 Å². The van der Waals surface area contributed by atoms with E-state index in [4.69, 9.17) is 33.8 Å². The van der Waals surface area contributed by atoms with E-state index in [-0.39, 0.29) is 6.04 Å². The van der Waals surface area contributed by atoms with Gasteiger partial charge < -0.3 is 4.74 Å². The maximum Gasteiger partial charge on any atom is 0.122 e. The highest BCUT2D eigenvalue weighted by molar-refractivity contribution is 6.30. The third kappa shape index (κ3) is 4.72. The number of halogens is 2. The first kappa shape index (κ1) is 14.6. The van der Waals surface area contributed by atoms with Crippen molar-refractivity contribution in [1.29, 1.82) is 0 Å². The Morgan fingerprint density at radius 2 is 2.24 bits per heavy atom. The molecule has 3 N–H and O–H groups in total. The highest BCUT2D eigenvalue weighted by Gasteiger charge is 2.11. The van der Waals surface area contributed by atoms with E-state index in [1.807, 2.05) is 18.2 Å². The van der Waals surface area contributed by atoms with Crippen molar-refractivity contribution in [3.05, 3.63) is 28.8 Å². The quantitative estimate of drug-likeness (QED) is 0.457. The standard InChI is InChI=1S/C12H18Cl2N2O/c1-17-12-5-4-10(14)7-9(12)8-11(16-15)3-2-6-13/h4-5,7,11,16H,2-3,6,8,15H2,1H3. The van der Waals surface area contributed by atoms with E-state index in [1.165, 1.54) is 0 Å². The van der Waals surface area contributed by atoms with Crippen LogP contribution in [0.1, 0.15) is 18.4 Å². The molecule has 0 spiro atoms. The minimum atomic E-state index is 0.182. The second-order valence-electron chi connectivity index (χ2n) is 3.86. The lowest BCUT2D eigenvalue weighted by Gasteiger charge is -2.17. The molecule has 0 heterocycles. The summed E-state index contributed by atoms with van der Waals surface area (Å²) in [5, 5.41) is 0.703. The lowest BCUT2D eigenvalue weighted by Crippen LogP contribution is -2.36. The van der Waals surface area contributed by atoms with E-state index < -0.39 is 0 Å². The Kier molecular flexibility index (Phi) is 6.66. The van der Waals surface area contributed by atoms with Gasteiger partial charge in [-0.2, -0.15) is 0 Å². The summed E-state index contributed by atoms with van der Waals surface area (Å²) in [5.74, 6) is 7.00. The summed E-state index contributed by atoms with van der Waals surface area (Å²) >= 11 is 11.7. The van der Waals surface area contributed by atoms with Crippen LogP contribution in [0.5, 0.6) is 5.75 Å². The van der Waals surface area contributed by atoms with Gasteiger partial charge in [-0.15, -0.1) is 11.6 Å². The zero-order chi connectivity index (χ0) is 12.7. The van der Waals surface area contributed by atoms with Crippen LogP contribution in [0.2, 0.25) is 5.02 Å². The van der Waals surface area contributed by atoms with E-state index >= 15 is 0 Å². The van der Waals surface area contributed by atoms with Gasteiger partial charge in [0.05, 0.1) is 7.11 Å². The zero-order valence-electron chi connectivity index (χ0n) is 9.88. The molecule has 0 fully saturated rings. The maximum absolute atomic E-state index is 5.98. The van der Waals surface area contributed by atoms with Crippen molar-refractivity contribution >= 4 is 23.2 Å². The van der Waals surface area contributed by atoms with Gasteiger partial charge in [0.25, 0.3) is 0 Å². The molecule has 1 rings (SSSR count). The largest absolute Gasteiger partial charge is 0.496 e. The lowest BCUT2D eigenvalue weighted by molar-refractivity contribution is 0.402. The summed E-state index contributed by atoms with van der Waals surface area (Å²) < 4.78 is 5.30. The van der Waals surface area contributed by atoms with E-state index in [9.17, 15) is 0 Å². The van der Waals surface area contributed by atoms with Gasteiger partial charge in [0.2, 0.25) is 0 Å². The fourth-order valence-corrected chi connectivity index (χ4v) is 2.09. The Balaban J connectivity index is 2.73. The number of ether oxygens (including phenoxy) is 1. The molecule has 1 atom stereocenters. The summed E-state index contributed by atoms with van der Waals surface area (Å²) in [4.78, 5) is 0. The lowest BCUT2D eigenvalue weighted by atomic mass is 10.0. The van der Waals surface area contributed by atoms with Gasteiger partial charge in [-0.25, -0.2) is 0 Å². The molecule has 0 bridgehead atoms. The number of nitrogens with one attached hydrogen (secondary N) is 1. The van der Waals surface area contributed by atoms with Crippen LogP contribution in [-0.2, 0) is 6.42 Å². The molecule has 5 heteroatoms. The van der Waals surface area contributed by atoms with Gasteiger partial charge >= 0.3 is 0 Å². The molecule has 0 aromatic heterocycles. The van der Waals surface area contributed by atoms with Gasteiger partial charge in [0.1, 0.15) is 5.75 Å². The summed E-state index contributed by atoms with van der Waals surface area (Å²) in [6.45, 7) is 0. The average Bonchev–Trinajstić information content (AvgIpc) is 2.34. The van der Waals surface area contributed by atoms with Crippen LogP contribution in [0.15, 0.2) is 18.2 Å².